The van der Waals surface area contributed by atoms with Crippen LogP contribution in [0.15, 0.2) is 34.8 Å². The molecule has 0 saturated heterocycles. The largest absolute Gasteiger partial charge is 0.497 e. The van der Waals surface area contributed by atoms with E-state index in [2.05, 4.69) is 46.4 Å². The van der Waals surface area contributed by atoms with E-state index < -0.39 is 0 Å². The van der Waals surface area contributed by atoms with Crippen LogP contribution in [0.5, 0.6) is 5.75 Å². The van der Waals surface area contributed by atoms with Crippen LogP contribution in [0, 0.1) is 6.92 Å². The standard InChI is InChI=1S/C16H20BrNOS/c1-11-14(17)10-16(20-11)15(18-2)9-6-12-4-7-13(19-3)8-5-12/h4-5,7-8,10,15,18H,6,9H2,1-3H3. The van der Waals surface area contributed by atoms with Crippen LogP contribution in [-0.2, 0) is 6.42 Å². The van der Waals surface area contributed by atoms with E-state index in [0.29, 0.717) is 6.04 Å². The normalized spacial score (nSPS) is 12.4. The second-order valence-corrected chi connectivity index (χ2v) is 6.92. The minimum atomic E-state index is 0.409. The predicted octanol–water partition coefficient (Wildman–Crippen LogP) is 4.72. The Morgan fingerprint density at radius 2 is 2.00 bits per heavy atom. The Hall–Kier alpha value is -0.840. The quantitative estimate of drug-likeness (QED) is 0.810. The van der Waals surface area contributed by atoms with Gasteiger partial charge in [0.15, 0.2) is 0 Å². The van der Waals surface area contributed by atoms with Gasteiger partial charge >= 0.3 is 0 Å². The fourth-order valence-electron chi connectivity index (χ4n) is 2.19. The van der Waals surface area contributed by atoms with Crippen LogP contribution in [0.2, 0.25) is 0 Å². The number of hydrogen-bond donors (Lipinski definition) is 1. The molecule has 1 aromatic heterocycles. The van der Waals surface area contributed by atoms with E-state index in [1.54, 1.807) is 7.11 Å². The molecule has 0 saturated carbocycles. The third-order valence-corrected chi connectivity index (χ3v) is 5.70. The van der Waals surface area contributed by atoms with Crippen molar-refractivity contribution in [2.24, 2.45) is 0 Å². The molecule has 2 nitrogen and oxygen atoms in total. The maximum absolute atomic E-state index is 5.19. The molecule has 20 heavy (non-hydrogen) atoms. The van der Waals surface area contributed by atoms with E-state index in [0.717, 1.165) is 18.6 Å². The van der Waals surface area contributed by atoms with Gasteiger partial charge < -0.3 is 10.1 Å². The number of methoxy groups -OCH3 is 1. The topological polar surface area (TPSA) is 21.3 Å². The van der Waals surface area contributed by atoms with Gasteiger partial charge in [-0.05, 0) is 66.5 Å². The molecule has 0 radical (unpaired) electrons. The Morgan fingerprint density at radius 3 is 2.50 bits per heavy atom. The SMILES string of the molecule is CNC(CCc1ccc(OC)cc1)c1cc(Br)c(C)s1. The molecule has 0 bridgehead atoms. The number of rotatable bonds is 6. The van der Waals surface area contributed by atoms with Gasteiger partial charge in [-0.25, -0.2) is 0 Å². The van der Waals surface area contributed by atoms with Crippen LogP contribution in [-0.4, -0.2) is 14.2 Å². The minimum Gasteiger partial charge on any atom is -0.497 e. The molecule has 0 aliphatic carbocycles. The highest BCUT2D eigenvalue weighted by Gasteiger charge is 2.13. The van der Waals surface area contributed by atoms with E-state index in [9.17, 15) is 0 Å². The van der Waals surface area contributed by atoms with E-state index in [1.807, 2.05) is 30.5 Å². The third kappa shape index (κ3) is 3.84. The minimum absolute atomic E-state index is 0.409. The van der Waals surface area contributed by atoms with E-state index in [-0.39, 0.29) is 0 Å². The molecule has 1 N–H and O–H groups in total. The molecule has 0 amide bonds. The molecule has 2 aromatic rings. The second kappa shape index (κ2) is 7.25. The second-order valence-electron chi connectivity index (χ2n) is 4.78. The summed E-state index contributed by atoms with van der Waals surface area (Å²) in [6.45, 7) is 2.15. The van der Waals surface area contributed by atoms with E-state index in [4.69, 9.17) is 4.74 Å². The van der Waals surface area contributed by atoms with Crippen molar-refractivity contribution in [2.75, 3.05) is 14.2 Å². The van der Waals surface area contributed by atoms with Gasteiger partial charge in [0.2, 0.25) is 0 Å². The van der Waals surface area contributed by atoms with Crippen molar-refractivity contribution in [3.05, 3.63) is 50.1 Å². The summed E-state index contributed by atoms with van der Waals surface area (Å²) in [4.78, 5) is 2.73. The highest BCUT2D eigenvalue weighted by atomic mass is 79.9. The van der Waals surface area contributed by atoms with Gasteiger partial charge in [-0.3, -0.25) is 0 Å². The molecule has 4 heteroatoms. The van der Waals surface area contributed by atoms with Crippen LogP contribution >= 0.6 is 27.3 Å². The first kappa shape index (κ1) is 15.5. The smallest absolute Gasteiger partial charge is 0.118 e. The lowest BCUT2D eigenvalue weighted by Gasteiger charge is -2.14. The van der Waals surface area contributed by atoms with Gasteiger partial charge in [0.1, 0.15) is 5.75 Å². The average molecular weight is 354 g/mol. The highest BCUT2D eigenvalue weighted by molar-refractivity contribution is 9.10. The van der Waals surface area contributed by atoms with Gasteiger partial charge in [0.05, 0.1) is 7.11 Å². The lowest BCUT2D eigenvalue weighted by molar-refractivity contribution is 0.414. The number of benzene rings is 1. The summed E-state index contributed by atoms with van der Waals surface area (Å²) in [5.41, 5.74) is 1.35. The van der Waals surface area contributed by atoms with Crippen molar-refractivity contribution < 1.29 is 4.74 Å². The van der Waals surface area contributed by atoms with Crippen LogP contribution in [0.25, 0.3) is 0 Å². The van der Waals surface area contributed by atoms with Crippen molar-refractivity contribution in [3.63, 3.8) is 0 Å². The lowest BCUT2D eigenvalue weighted by Crippen LogP contribution is -2.15. The molecule has 0 fully saturated rings. The summed E-state index contributed by atoms with van der Waals surface area (Å²) in [5, 5.41) is 3.42. The Labute approximate surface area is 133 Å². The van der Waals surface area contributed by atoms with Crippen molar-refractivity contribution >= 4 is 27.3 Å². The van der Waals surface area contributed by atoms with Crippen LogP contribution in [0.1, 0.15) is 27.8 Å². The molecule has 0 spiro atoms. The maximum Gasteiger partial charge on any atom is 0.118 e. The first-order chi connectivity index (χ1) is 9.63. The number of aryl methyl sites for hydroxylation is 2. The summed E-state index contributed by atoms with van der Waals surface area (Å²) in [5.74, 6) is 0.914. The van der Waals surface area contributed by atoms with Crippen LogP contribution < -0.4 is 10.1 Å². The molecule has 0 aliphatic rings. The first-order valence-corrected chi connectivity index (χ1v) is 8.31. The van der Waals surface area contributed by atoms with Crippen molar-refractivity contribution in [1.29, 1.82) is 0 Å². The monoisotopic (exact) mass is 353 g/mol. The molecule has 0 aliphatic heterocycles. The van der Waals surface area contributed by atoms with Crippen LogP contribution in [0.3, 0.4) is 0 Å². The van der Waals surface area contributed by atoms with Crippen molar-refractivity contribution in [1.82, 2.24) is 5.32 Å². The summed E-state index contributed by atoms with van der Waals surface area (Å²) in [6.07, 6.45) is 2.15. The average Bonchev–Trinajstić information content (AvgIpc) is 2.80. The Morgan fingerprint density at radius 1 is 1.30 bits per heavy atom. The van der Waals surface area contributed by atoms with Crippen molar-refractivity contribution in [3.8, 4) is 5.75 Å². The van der Waals surface area contributed by atoms with Gasteiger partial charge in [-0.15, -0.1) is 11.3 Å². The molecule has 2 rings (SSSR count). The van der Waals surface area contributed by atoms with Gasteiger partial charge in [0.25, 0.3) is 0 Å². The first-order valence-electron chi connectivity index (χ1n) is 6.70. The molecular weight excluding hydrogens is 334 g/mol. The Kier molecular flexibility index (Phi) is 5.64. The van der Waals surface area contributed by atoms with Gasteiger partial charge in [-0.1, -0.05) is 12.1 Å². The van der Waals surface area contributed by atoms with Crippen molar-refractivity contribution in [2.45, 2.75) is 25.8 Å². The summed E-state index contributed by atoms with van der Waals surface area (Å²) < 4.78 is 6.40. The number of ether oxygens (including phenoxy) is 1. The van der Waals surface area contributed by atoms with E-state index in [1.165, 1.54) is 19.8 Å². The molecule has 1 heterocycles. The predicted molar refractivity (Wildman–Crippen MR) is 89.9 cm³/mol. The summed E-state index contributed by atoms with van der Waals surface area (Å²) >= 11 is 5.45. The Balaban J connectivity index is 1.99. The number of halogens is 1. The molecular formula is C16H20BrNOS. The van der Waals surface area contributed by atoms with E-state index >= 15 is 0 Å². The fraction of sp³-hybridized carbons (Fsp3) is 0.375. The van der Waals surface area contributed by atoms with Crippen LogP contribution in [0.4, 0.5) is 0 Å². The molecule has 108 valence electrons. The molecule has 1 atom stereocenters. The fourth-order valence-corrected chi connectivity index (χ4v) is 3.89. The summed E-state index contributed by atoms with van der Waals surface area (Å²) in [6, 6.07) is 11.0. The molecule has 1 aromatic carbocycles. The lowest BCUT2D eigenvalue weighted by atomic mass is 10.0. The van der Waals surface area contributed by atoms with Gasteiger partial charge in [0, 0.05) is 20.3 Å². The zero-order valence-electron chi connectivity index (χ0n) is 12.1. The Bertz CT molecular complexity index is 531. The summed E-state index contributed by atoms with van der Waals surface area (Å²) in [7, 11) is 3.73. The number of hydrogen-bond acceptors (Lipinski definition) is 3. The highest BCUT2D eigenvalue weighted by Crippen LogP contribution is 2.32. The zero-order valence-corrected chi connectivity index (χ0v) is 14.5. The molecule has 1 unspecified atom stereocenters. The number of thiophene rings is 1. The maximum atomic E-state index is 5.19. The van der Waals surface area contributed by atoms with Gasteiger partial charge in [-0.2, -0.15) is 0 Å². The zero-order chi connectivity index (χ0) is 14.5. The number of nitrogens with one attached hydrogen (secondary N) is 1. The third-order valence-electron chi connectivity index (χ3n) is 3.45.